The first-order valence-corrected chi connectivity index (χ1v) is 13.2. The monoisotopic (exact) mass is 492 g/mol. The zero-order valence-corrected chi connectivity index (χ0v) is 21.5. The highest BCUT2D eigenvalue weighted by molar-refractivity contribution is 5.92. The first-order valence-electron chi connectivity index (χ1n) is 13.2. The van der Waals surface area contributed by atoms with E-state index in [0.717, 1.165) is 21.9 Å². The van der Waals surface area contributed by atoms with E-state index in [9.17, 15) is 5.11 Å². The molecule has 6 aromatic carbocycles. The molecule has 38 heavy (non-hydrogen) atoms. The van der Waals surface area contributed by atoms with Gasteiger partial charge in [0.05, 0.1) is 11.5 Å². The van der Waals surface area contributed by atoms with Crippen LogP contribution in [-0.2, 0) is 5.41 Å². The number of hydrogen-bond donors (Lipinski definition) is 1. The van der Waals surface area contributed by atoms with Gasteiger partial charge in [0.25, 0.3) is 0 Å². The Morgan fingerprint density at radius 2 is 1.05 bits per heavy atom. The van der Waals surface area contributed by atoms with Gasteiger partial charge in [0.1, 0.15) is 11.5 Å². The van der Waals surface area contributed by atoms with Gasteiger partial charge in [0.2, 0.25) is 0 Å². The molecule has 0 saturated carbocycles. The van der Waals surface area contributed by atoms with Crippen molar-refractivity contribution < 1.29 is 9.84 Å². The third-order valence-corrected chi connectivity index (χ3v) is 7.83. The minimum absolute atomic E-state index is 0.135. The van der Waals surface area contributed by atoms with E-state index in [0.29, 0.717) is 0 Å². The van der Waals surface area contributed by atoms with E-state index in [4.69, 9.17) is 4.74 Å². The summed E-state index contributed by atoms with van der Waals surface area (Å²) in [6.07, 6.45) is 0.135. The molecule has 0 aromatic heterocycles. The van der Waals surface area contributed by atoms with Crippen molar-refractivity contribution in [2.45, 2.75) is 25.4 Å². The lowest BCUT2D eigenvalue weighted by atomic mass is 9.67. The SMILES string of the molecule is CC(C)Oc1ccc2cc(C3(c4ccc5cc(O)ccc5c4)c4ccccc4-c4ccccc43)ccc2c1. The largest absolute Gasteiger partial charge is 0.508 e. The summed E-state index contributed by atoms with van der Waals surface area (Å²) in [6, 6.07) is 43.1. The molecule has 0 heterocycles. The molecular weight excluding hydrogens is 464 g/mol. The van der Waals surface area contributed by atoms with Crippen molar-refractivity contribution in [3.05, 3.63) is 144 Å². The number of benzene rings is 6. The molecule has 0 amide bonds. The number of rotatable bonds is 4. The third-order valence-electron chi connectivity index (χ3n) is 7.83. The van der Waals surface area contributed by atoms with E-state index >= 15 is 0 Å². The van der Waals surface area contributed by atoms with Crippen molar-refractivity contribution in [2.24, 2.45) is 0 Å². The quantitative estimate of drug-likeness (QED) is 0.266. The molecule has 0 saturated heterocycles. The minimum Gasteiger partial charge on any atom is -0.508 e. The topological polar surface area (TPSA) is 29.5 Å². The molecule has 0 aliphatic heterocycles. The second-order valence-corrected chi connectivity index (χ2v) is 10.5. The molecule has 0 bridgehead atoms. The van der Waals surface area contributed by atoms with Crippen molar-refractivity contribution in [3.63, 3.8) is 0 Å². The van der Waals surface area contributed by atoms with Gasteiger partial charge in [-0.2, -0.15) is 0 Å². The number of hydrogen-bond acceptors (Lipinski definition) is 2. The van der Waals surface area contributed by atoms with Crippen molar-refractivity contribution >= 4 is 21.5 Å². The number of fused-ring (bicyclic) bond motifs is 5. The van der Waals surface area contributed by atoms with Crippen LogP contribution in [0.2, 0.25) is 0 Å². The van der Waals surface area contributed by atoms with Crippen LogP contribution in [0.25, 0.3) is 32.7 Å². The van der Waals surface area contributed by atoms with E-state index in [1.165, 1.54) is 38.8 Å². The van der Waals surface area contributed by atoms with E-state index in [2.05, 4.69) is 117 Å². The molecule has 0 unspecified atom stereocenters. The predicted octanol–water partition coefficient (Wildman–Crippen LogP) is 8.85. The molecule has 0 atom stereocenters. The Bertz CT molecular complexity index is 1800. The van der Waals surface area contributed by atoms with Crippen molar-refractivity contribution in [1.82, 2.24) is 0 Å². The van der Waals surface area contributed by atoms with Gasteiger partial charge >= 0.3 is 0 Å². The van der Waals surface area contributed by atoms with Crippen molar-refractivity contribution in [1.29, 1.82) is 0 Å². The number of phenolic OH excluding ortho intramolecular Hbond substituents is 1. The minimum atomic E-state index is -0.472. The molecule has 184 valence electrons. The summed E-state index contributed by atoms with van der Waals surface area (Å²) in [5.74, 6) is 1.18. The Balaban J connectivity index is 1.54. The van der Waals surface area contributed by atoms with Crippen LogP contribution in [0, 0.1) is 0 Å². The predicted molar refractivity (Wildman–Crippen MR) is 156 cm³/mol. The molecule has 6 aromatic rings. The van der Waals surface area contributed by atoms with Gasteiger partial charge in [-0.1, -0.05) is 84.9 Å². The molecule has 0 radical (unpaired) electrons. The lowest BCUT2D eigenvalue weighted by Gasteiger charge is -2.34. The zero-order chi connectivity index (χ0) is 25.9. The van der Waals surface area contributed by atoms with Gasteiger partial charge in [-0.25, -0.2) is 0 Å². The molecule has 1 aliphatic rings. The normalized spacial score (nSPS) is 13.6. The Morgan fingerprint density at radius 3 is 1.66 bits per heavy atom. The summed E-state index contributed by atoms with van der Waals surface area (Å²) >= 11 is 0. The Morgan fingerprint density at radius 1 is 0.553 bits per heavy atom. The summed E-state index contributed by atoms with van der Waals surface area (Å²) in [6.45, 7) is 4.11. The van der Waals surface area contributed by atoms with E-state index in [1.54, 1.807) is 6.07 Å². The smallest absolute Gasteiger partial charge is 0.120 e. The Hall–Kier alpha value is -4.56. The van der Waals surface area contributed by atoms with Crippen LogP contribution in [0.1, 0.15) is 36.1 Å². The first-order chi connectivity index (χ1) is 18.5. The highest BCUT2D eigenvalue weighted by atomic mass is 16.5. The van der Waals surface area contributed by atoms with Crippen molar-refractivity contribution in [2.75, 3.05) is 0 Å². The van der Waals surface area contributed by atoms with E-state index in [-0.39, 0.29) is 11.9 Å². The summed E-state index contributed by atoms with van der Waals surface area (Å²) < 4.78 is 5.97. The number of aromatic hydroxyl groups is 1. The number of phenols is 1. The van der Waals surface area contributed by atoms with Crippen LogP contribution < -0.4 is 4.74 Å². The van der Waals surface area contributed by atoms with Crippen LogP contribution in [-0.4, -0.2) is 11.2 Å². The van der Waals surface area contributed by atoms with Crippen LogP contribution in [0.15, 0.2) is 121 Å². The van der Waals surface area contributed by atoms with Crippen LogP contribution >= 0.6 is 0 Å². The average molecular weight is 493 g/mol. The Kier molecular flexibility index (Phi) is 5.06. The molecule has 2 heteroatoms. The summed E-state index contributed by atoms with van der Waals surface area (Å²) in [7, 11) is 0. The number of ether oxygens (including phenoxy) is 1. The van der Waals surface area contributed by atoms with Crippen LogP contribution in [0.5, 0.6) is 11.5 Å². The molecule has 7 rings (SSSR count). The van der Waals surface area contributed by atoms with Crippen LogP contribution in [0.4, 0.5) is 0 Å². The molecule has 0 fully saturated rings. The van der Waals surface area contributed by atoms with Crippen LogP contribution in [0.3, 0.4) is 0 Å². The van der Waals surface area contributed by atoms with Gasteiger partial charge in [0.15, 0.2) is 0 Å². The Labute approximate surface area is 222 Å². The summed E-state index contributed by atoms with van der Waals surface area (Å²) in [4.78, 5) is 0. The summed E-state index contributed by atoms with van der Waals surface area (Å²) in [5, 5.41) is 14.5. The fraction of sp³-hybridized carbons (Fsp3) is 0.111. The second kappa shape index (κ2) is 8.49. The zero-order valence-electron chi connectivity index (χ0n) is 21.5. The van der Waals surface area contributed by atoms with Gasteiger partial charge in [0, 0.05) is 0 Å². The average Bonchev–Trinajstić information content (AvgIpc) is 3.23. The molecule has 2 nitrogen and oxygen atoms in total. The molecule has 1 N–H and O–H groups in total. The molecule has 1 aliphatic carbocycles. The molecule has 0 spiro atoms. The van der Waals surface area contributed by atoms with E-state index in [1.807, 2.05) is 12.1 Å². The highest BCUT2D eigenvalue weighted by Gasteiger charge is 2.46. The maximum atomic E-state index is 10.1. The lowest BCUT2D eigenvalue weighted by molar-refractivity contribution is 0.243. The lowest BCUT2D eigenvalue weighted by Crippen LogP contribution is -2.28. The maximum Gasteiger partial charge on any atom is 0.120 e. The third kappa shape index (κ3) is 3.34. The van der Waals surface area contributed by atoms with Gasteiger partial charge in [-0.15, -0.1) is 0 Å². The summed E-state index contributed by atoms with van der Waals surface area (Å²) in [5.41, 5.74) is 7.10. The first kappa shape index (κ1) is 22.6. The molecular formula is C36H28O2. The fourth-order valence-corrected chi connectivity index (χ4v) is 6.29. The fourth-order valence-electron chi connectivity index (χ4n) is 6.29. The van der Waals surface area contributed by atoms with Gasteiger partial charge < -0.3 is 9.84 Å². The van der Waals surface area contributed by atoms with Gasteiger partial charge in [-0.3, -0.25) is 0 Å². The van der Waals surface area contributed by atoms with Crippen molar-refractivity contribution in [3.8, 4) is 22.6 Å². The van der Waals surface area contributed by atoms with Gasteiger partial charge in [-0.05, 0) is 105 Å². The maximum absolute atomic E-state index is 10.1. The second-order valence-electron chi connectivity index (χ2n) is 10.5. The van der Waals surface area contributed by atoms with E-state index < -0.39 is 5.41 Å². The highest BCUT2D eigenvalue weighted by Crippen LogP contribution is 2.56. The standard InChI is InChI=1S/C36H28O2/c1-23(2)38-31-18-14-25-20-29(16-12-27(25)22-31)36(28-15-11-26-21-30(37)17-13-24(26)19-28)34-9-5-3-7-32(34)33-8-4-6-10-35(33)36/h3-23,37H,1-2H3.